The zero-order valence-electron chi connectivity index (χ0n) is 38.4. The van der Waals surface area contributed by atoms with Crippen LogP contribution < -0.4 is 5.32 Å². The molecule has 0 radical (unpaired) electrons. The van der Waals surface area contributed by atoms with Gasteiger partial charge >= 0.3 is 5.97 Å². The van der Waals surface area contributed by atoms with Gasteiger partial charge in [0, 0.05) is 6.42 Å². The summed E-state index contributed by atoms with van der Waals surface area (Å²) >= 11 is 0. The molecule has 0 rings (SSSR count). The van der Waals surface area contributed by atoms with E-state index in [1.165, 1.54) is 77.0 Å². The predicted octanol–water partition coefficient (Wildman–Crippen LogP) is 14.4. The molecule has 0 aromatic rings. The maximum absolute atomic E-state index is 13.1. The van der Waals surface area contributed by atoms with Crippen molar-refractivity contribution >= 4 is 11.9 Å². The minimum atomic E-state index is -0.812. The minimum absolute atomic E-state index is 0.0184. The SMILES string of the molecule is CC/C=C/C=C/C=C\C=C/CCCC(CC(=O)NC(CO)C(O)CCCCCCCCCCCCCCCCC)OC(=O)CCCCCC/C=C/C/C=C/C/C=C/CC. The van der Waals surface area contributed by atoms with Gasteiger partial charge in [-0.05, 0) is 70.6 Å². The van der Waals surface area contributed by atoms with Crippen molar-refractivity contribution in [3.63, 3.8) is 0 Å². The van der Waals surface area contributed by atoms with E-state index in [1.807, 2.05) is 36.5 Å². The lowest BCUT2D eigenvalue weighted by Gasteiger charge is -2.24. The Labute approximate surface area is 363 Å². The van der Waals surface area contributed by atoms with Crippen LogP contribution in [0.25, 0.3) is 0 Å². The first-order valence-electron chi connectivity index (χ1n) is 24.4. The second-order valence-electron chi connectivity index (χ2n) is 16.2. The number of rotatable bonds is 42. The van der Waals surface area contributed by atoms with Crippen LogP contribution in [0.5, 0.6) is 0 Å². The molecular weight excluding hydrogens is 731 g/mol. The standard InChI is InChI=1S/C53H91NO5/c1-4-7-10-13-16-19-22-24-26-27-30-33-36-39-42-45-51(56)50(48-55)54-52(57)47-49(44-41-38-35-32-29-21-18-15-12-9-6-3)59-53(58)46-43-40-37-34-31-28-25-23-20-17-14-11-8-5-2/h8-9,11-12,15,17-18,20-21,25,28-29,32,35,49-51,55-56H,4-7,10,13-14,16,19,22-24,26-27,30-31,33-34,36-48H2,1-3H3,(H,54,57)/b11-8+,12-9+,18-15+,20-17+,28-25+,29-21-,35-32-. The van der Waals surface area contributed by atoms with Crippen LogP contribution in [-0.4, -0.2) is 46.9 Å². The van der Waals surface area contributed by atoms with E-state index in [0.717, 1.165) is 89.9 Å². The van der Waals surface area contributed by atoms with Gasteiger partial charge in [0.25, 0.3) is 0 Å². The van der Waals surface area contributed by atoms with Crippen LogP contribution in [0.1, 0.15) is 213 Å². The number of unbranched alkanes of at least 4 members (excludes halogenated alkanes) is 19. The number of esters is 1. The number of nitrogens with one attached hydrogen (secondary N) is 1. The molecule has 0 spiro atoms. The van der Waals surface area contributed by atoms with E-state index >= 15 is 0 Å². The first kappa shape index (κ1) is 56.0. The summed E-state index contributed by atoms with van der Waals surface area (Å²) in [5.41, 5.74) is 0. The summed E-state index contributed by atoms with van der Waals surface area (Å²) in [4.78, 5) is 26.0. The summed E-state index contributed by atoms with van der Waals surface area (Å²) < 4.78 is 5.86. The van der Waals surface area contributed by atoms with Crippen molar-refractivity contribution in [3.05, 3.63) is 85.1 Å². The van der Waals surface area contributed by atoms with Gasteiger partial charge in [-0.3, -0.25) is 9.59 Å². The van der Waals surface area contributed by atoms with Crippen molar-refractivity contribution in [2.75, 3.05) is 6.61 Å². The molecule has 3 atom stereocenters. The average molecular weight is 822 g/mol. The van der Waals surface area contributed by atoms with Crippen molar-refractivity contribution in [3.8, 4) is 0 Å². The van der Waals surface area contributed by atoms with Gasteiger partial charge in [-0.1, -0.05) is 215 Å². The highest BCUT2D eigenvalue weighted by atomic mass is 16.5. The van der Waals surface area contributed by atoms with Crippen LogP contribution in [-0.2, 0) is 14.3 Å². The smallest absolute Gasteiger partial charge is 0.306 e. The van der Waals surface area contributed by atoms with Gasteiger partial charge in [0.05, 0.1) is 25.2 Å². The Morgan fingerprint density at radius 2 is 1.02 bits per heavy atom. The van der Waals surface area contributed by atoms with Crippen molar-refractivity contribution in [1.29, 1.82) is 0 Å². The molecule has 338 valence electrons. The molecule has 3 N–H and O–H groups in total. The summed E-state index contributed by atoms with van der Waals surface area (Å²) in [6.45, 7) is 6.19. The summed E-state index contributed by atoms with van der Waals surface area (Å²) in [6.07, 6.45) is 59.4. The van der Waals surface area contributed by atoms with Crippen LogP contribution >= 0.6 is 0 Å². The predicted molar refractivity (Wildman–Crippen MR) is 254 cm³/mol. The van der Waals surface area contributed by atoms with Crippen LogP contribution in [0.2, 0.25) is 0 Å². The second-order valence-corrected chi connectivity index (χ2v) is 16.2. The molecule has 3 unspecified atom stereocenters. The summed E-state index contributed by atoms with van der Waals surface area (Å²) in [5.74, 6) is -0.575. The maximum Gasteiger partial charge on any atom is 0.306 e. The Balaban J connectivity index is 4.64. The Morgan fingerprint density at radius 1 is 0.525 bits per heavy atom. The largest absolute Gasteiger partial charge is 0.462 e. The summed E-state index contributed by atoms with van der Waals surface area (Å²) in [5, 5.41) is 23.7. The fraction of sp³-hybridized carbons (Fsp3) is 0.698. The molecular formula is C53H91NO5. The highest BCUT2D eigenvalue weighted by Gasteiger charge is 2.24. The van der Waals surface area contributed by atoms with Crippen molar-refractivity contribution in [2.24, 2.45) is 0 Å². The number of aliphatic hydroxyl groups is 2. The molecule has 0 aromatic carbocycles. The Hall–Kier alpha value is -2.96. The third kappa shape index (κ3) is 41.6. The summed E-state index contributed by atoms with van der Waals surface area (Å²) in [7, 11) is 0. The first-order chi connectivity index (χ1) is 29.0. The van der Waals surface area contributed by atoms with Crippen LogP contribution in [0, 0.1) is 0 Å². The molecule has 59 heavy (non-hydrogen) atoms. The van der Waals surface area contributed by atoms with Crippen molar-refractivity contribution in [2.45, 2.75) is 232 Å². The van der Waals surface area contributed by atoms with Gasteiger partial charge in [0.2, 0.25) is 5.91 Å². The Kier molecular flexibility index (Phi) is 43.8. The Bertz CT molecular complexity index is 1150. The lowest BCUT2D eigenvalue weighted by atomic mass is 10.0. The number of carbonyl (C=O) groups is 2. The van der Waals surface area contributed by atoms with E-state index in [-0.39, 0.29) is 24.9 Å². The number of aliphatic hydroxyl groups excluding tert-OH is 2. The number of hydrogen-bond acceptors (Lipinski definition) is 5. The lowest BCUT2D eigenvalue weighted by molar-refractivity contribution is -0.151. The molecule has 0 saturated heterocycles. The van der Waals surface area contributed by atoms with Gasteiger partial charge in [-0.15, -0.1) is 0 Å². The van der Waals surface area contributed by atoms with Crippen LogP contribution in [0.4, 0.5) is 0 Å². The zero-order chi connectivity index (χ0) is 43.1. The molecule has 0 fully saturated rings. The fourth-order valence-electron chi connectivity index (χ4n) is 6.93. The highest BCUT2D eigenvalue weighted by molar-refractivity contribution is 5.77. The number of carbonyl (C=O) groups excluding carboxylic acids is 2. The van der Waals surface area contributed by atoms with Gasteiger partial charge in [0.15, 0.2) is 0 Å². The highest BCUT2D eigenvalue weighted by Crippen LogP contribution is 2.17. The van der Waals surface area contributed by atoms with E-state index in [2.05, 4.69) is 74.7 Å². The third-order valence-electron chi connectivity index (χ3n) is 10.6. The monoisotopic (exact) mass is 822 g/mol. The molecule has 0 aliphatic heterocycles. The van der Waals surface area contributed by atoms with E-state index in [4.69, 9.17) is 4.74 Å². The van der Waals surface area contributed by atoms with Gasteiger partial charge in [0.1, 0.15) is 6.10 Å². The maximum atomic E-state index is 13.1. The average Bonchev–Trinajstić information content (AvgIpc) is 3.23. The van der Waals surface area contributed by atoms with Crippen LogP contribution in [0.15, 0.2) is 85.1 Å². The quantitative estimate of drug-likeness (QED) is 0.0247. The molecule has 0 aromatic heterocycles. The summed E-state index contributed by atoms with van der Waals surface area (Å²) in [6, 6.07) is -0.731. The van der Waals surface area contributed by atoms with Crippen molar-refractivity contribution < 1.29 is 24.5 Å². The van der Waals surface area contributed by atoms with E-state index in [0.29, 0.717) is 19.3 Å². The molecule has 1 amide bonds. The molecule has 0 heterocycles. The first-order valence-corrected chi connectivity index (χ1v) is 24.4. The molecule has 0 aliphatic rings. The van der Waals surface area contributed by atoms with Gasteiger partial charge in [-0.2, -0.15) is 0 Å². The molecule has 0 bridgehead atoms. The molecule has 0 saturated carbocycles. The normalized spacial score (nSPS) is 14.1. The number of ether oxygens (including phenoxy) is 1. The molecule has 6 nitrogen and oxygen atoms in total. The Morgan fingerprint density at radius 3 is 1.61 bits per heavy atom. The van der Waals surface area contributed by atoms with E-state index < -0.39 is 18.2 Å². The van der Waals surface area contributed by atoms with Gasteiger partial charge < -0.3 is 20.3 Å². The van der Waals surface area contributed by atoms with E-state index in [1.54, 1.807) is 0 Å². The number of hydrogen-bond donors (Lipinski definition) is 3. The molecule has 0 aliphatic carbocycles. The topological polar surface area (TPSA) is 95.9 Å². The van der Waals surface area contributed by atoms with E-state index in [9.17, 15) is 19.8 Å². The number of amides is 1. The molecule has 6 heteroatoms. The minimum Gasteiger partial charge on any atom is -0.462 e. The second kappa shape index (κ2) is 46.1. The lowest BCUT2D eigenvalue weighted by Crippen LogP contribution is -2.46. The number of allylic oxidation sites excluding steroid dienone is 14. The fourth-order valence-corrected chi connectivity index (χ4v) is 6.93. The zero-order valence-corrected chi connectivity index (χ0v) is 38.4. The van der Waals surface area contributed by atoms with Gasteiger partial charge in [-0.25, -0.2) is 0 Å². The third-order valence-corrected chi connectivity index (χ3v) is 10.6. The van der Waals surface area contributed by atoms with Crippen molar-refractivity contribution in [1.82, 2.24) is 5.32 Å². The van der Waals surface area contributed by atoms with Crippen LogP contribution in [0.3, 0.4) is 0 Å².